The van der Waals surface area contributed by atoms with Crippen LogP contribution in [0.15, 0.2) is 53.4 Å². The van der Waals surface area contributed by atoms with E-state index in [0.717, 1.165) is 18.4 Å². The lowest BCUT2D eigenvalue weighted by molar-refractivity contribution is -0.122. The highest BCUT2D eigenvalue weighted by Crippen LogP contribution is 2.29. The standard InChI is InChI=1S/C21H28N2O5S/c1-4-5-13-22-21(24)18(14-16-9-7-6-8-10-16)23-29(25,26)17-11-12-19(27-2)20(15-17)28-3/h6-12,15,18,23H,4-5,13-14H2,1-3H3,(H,22,24)/t18-/m1/s1. The Morgan fingerprint density at radius 2 is 1.72 bits per heavy atom. The van der Waals surface area contributed by atoms with Crippen LogP contribution in [0.1, 0.15) is 25.3 Å². The summed E-state index contributed by atoms with van der Waals surface area (Å²) in [7, 11) is -1.05. The van der Waals surface area contributed by atoms with Crippen LogP contribution in [0.2, 0.25) is 0 Å². The van der Waals surface area contributed by atoms with Crippen LogP contribution in [0.5, 0.6) is 11.5 Å². The zero-order valence-electron chi connectivity index (χ0n) is 17.0. The quantitative estimate of drug-likeness (QED) is 0.545. The van der Waals surface area contributed by atoms with Crippen LogP contribution in [0.25, 0.3) is 0 Å². The number of methoxy groups -OCH3 is 2. The number of hydrogen-bond acceptors (Lipinski definition) is 5. The molecule has 0 aliphatic rings. The molecule has 8 heteroatoms. The predicted molar refractivity (Wildman–Crippen MR) is 112 cm³/mol. The van der Waals surface area contributed by atoms with Crippen LogP contribution < -0.4 is 19.5 Å². The number of hydrogen-bond donors (Lipinski definition) is 2. The molecule has 7 nitrogen and oxygen atoms in total. The van der Waals surface area contributed by atoms with Gasteiger partial charge in [-0.3, -0.25) is 4.79 Å². The summed E-state index contributed by atoms with van der Waals surface area (Å²) in [6.45, 7) is 2.52. The minimum atomic E-state index is -3.96. The largest absolute Gasteiger partial charge is 0.493 e. The number of carbonyl (C=O) groups excluding carboxylic acids is 1. The maximum Gasteiger partial charge on any atom is 0.241 e. The van der Waals surface area contributed by atoms with E-state index in [1.165, 1.54) is 32.4 Å². The van der Waals surface area contributed by atoms with Crippen LogP contribution in [0.3, 0.4) is 0 Å². The van der Waals surface area contributed by atoms with Crippen molar-refractivity contribution in [1.29, 1.82) is 0 Å². The van der Waals surface area contributed by atoms with Gasteiger partial charge in [0.05, 0.1) is 19.1 Å². The third kappa shape index (κ3) is 6.47. The van der Waals surface area contributed by atoms with Crippen LogP contribution in [-0.4, -0.2) is 41.1 Å². The molecule has 29 heavy (non-hydrogen) atoms. The summed E-state index contributed by atoms with van der Waals surface area (Å²) in [6, 6.07) is 12.7. The van der Waals surface area contributed by atoms with Crippen molar-refractivity contribution in [2.45, 2.75) is 37.1 Å². The van der Waals surface area contributed by atoms with Gasteiger partial charge in [-0.1, -0.05) is 43.7 Å². The molecule has 0 saturated heterocycles. The molecule has 0 aliphatic carbocycles. The second-order valence-corrected chi connectivity index (χ2v) is 8.24. The topological polar surface area (TPSA) is 93.7 Å². The molecule has 2 aromatic carbocycles. The average molecular weight is 421 g/mol. The van der Waals surface area contributed by atoms with Gasteiger partial charge in [-0.15, -0.1) is 0 Å². The molecule has 2 N–H and O–H groups in total. The smallest absolute Gasteiger partial charge is 0.241 e. The van der Waals surface area contributed by atoms with E-state index in [2.05, 4.69) is 10.0 Å². The summed E-state index contributed by atoms with van der Waals surface area (Å²) in [4.78, 5) is 12.7. The molecule has 0 spiro atoms. The number of sulfonamides is 1. The molecule has 2 aromatic rings. The first-order valence-electron chi connectivity index (χ1n) is 9.47. The minimum Gasteiger partial charge on any atom is -0.493 e. The molecule has 0 bridgehead atoms. The SMILES string of the molecule is CCCCNC(=O)[C@@H](Cc1ccccc1)NS(=O)(=O)c1ccc(OC)c(OC)c1. The Kier molecular flexibility index (Phi) is 8.48. The van der Waals surface area contributed by atoms with Crippen molar-refractivity contribution >= 4 is 15.9 Å². The fraction of sp³-hybridized carbons (Fsp3) is 0.381. The molecule has 2 rings (SSSR count). The molecular formula is C21H28N2O5S. The van der Waals surface area contributed by atoms with Crippen LogP contribution in [0, 0.1) is 0 Å². The highest BCUT2D eigenvalue weighted by Gasteiger charge is 2.26. The van der Waals surface area contributed by atoms with Gasteiger partial charge in [-0.05, 0) is 30.5 Å². The van der Waals surface area contributed by atoms with Gasteiger partial charge >= 0.3 is 0 Å². The van der Waals surface area contributed by atoms with Gasteiger partial charge < -0.3 is 14.8 Å². The second kappa shape index (κ2) is 10.8. The Morgan fingerprint density at radius 3 is 2.34 bits per heavy atom. The fourth-order valence-electron chi connectivity index (χ4n) is 2.79. The Labute approximate surface area is 172 Å². The lowest BCUT2D eigenvalue weighted by atomic mass is 10.1. The first kappa shape index (κ1) is 22.7. The molecule has 158 valence electrons. The lowest BCUT2D eigenvalue weighted by Crippen LogP contribution is -2.48. The summed E-state index contributed by atoms with van der Waals surface area (Å²) in [5.74, 6) is 0.360. The van der Waals surface area contributed by atoms with E-state index >= 15 is 0 Å². The molecule has 0 aromatic heterocycles. The van der Waals surface area contributed by atoms with E-state index in [4.69, 9.17) is 9.47 Å². The highest BCUT2D eigenvalue weighted by atomic mass is 32.2. The molecule has 1 atom stereocenters. The van der Waals surface area contributed by atoms with Crippen molar-refractivity contribution in [2.24, 2.45) is 0 Å². The first-order chi connectivity index (χ1) is 13.9. The highest BCUT2D eigenvalue weighted by molar-refractivity contribution is 7.89. The number of ether oxygens (including phenoxy) is 2. The Morgan fingerprint density at radius 1 is 1.03 bits per heavy atom. The van der Waals surface area contributed by atoms with E-state index in [1.54, 1.807) is 0 Å². The zero-order chi connectivity index (χ0) is 21.3. The van der Waals surface area contributed by atoms with Crippen LogP contribution >= 0.6 is 0 Å². The van der Waals surface area contributed by atoms with Gasteiger partial charge in [0.2, 0.25) is 15.9 Å². The molecule has 0 aliphatic heterocycles. The Hall–Kier alpha value is -2.58. The number of rotatable bonds is 11. The second-order valence-electron chi connectivity index (χ2n) is 6.52. The first-order valence-corrected chi connectivity index (χ1v) is 11.0. The Balaban J connectivity index is 2.26. The van der Waals surface area contributed by atoms with E-state index in [-0.39, 0.29) is 17.2 Å². The minimum absolute atomic E-state index is 0.00503. The molecular weight excluding hydrogens is 392 g/mol. The van der Waals surface area contributed by atoms with E-state index < -0.39 is 16.1 Å². The van der Waals surface area contributed by atoms with Gasteiger partial charge in [0.25, 0.3) is 0 Å². The molecule has 0 radical (unpaired) electrons. The van der Waals surface area contributed by atoms with Crippen molar-refractivity contribution in [3.63, 3.8) is 0 Å². The van der Waals surface area contributed by atoms with E-state index in [1.807, 2.05) is 37.3 Å². The van der Waals surface area contributed by atoms with Gasteiger partial charge in [0.15, 0.2) is 11.5 Å². The summed E-state index contributed by atoms with van der Waals surface area (Å²) in [6.07, 6.45) is 2.00. The summed E-state index contributed by atoms with van der Waals surface area (Å²) < 4.78 is 38.8. The van der Waals surface area contributed by atoms with Crippen molar-refractivity contribution in [2.75, 3.05) is 20.8 Å². The predicted octanol–water partition coefficient (Wildman–Crippen LogP) is 2.51. The fourth-order valence-corrected chi connectivity index (χ4v) is 4.00. The van der Waals surface area contributed by atoms with Crippen molar-refractivity contribution < 1.29 is 22.7 Å². The number of unbranched alkanes of at least 4 members (excludes halogenated alkanes) is 1. The van der Waals surface area contributed by atoms with Crippen molar-refractivity contribution in [1.82, 2.24) is 10.0 Å². The maximum atomic E-state index is 12.9. The molecule has 0 fully saturated rings. The monoisotopic (exact) mass is 420 g/mol. The third-order valence-corrected chi connectivity index (χ3v) is 5.86. The molecule has 0 heterocycles. The zero-order valence-corrected chi connectivity index (χ0v) is 17.8. The van der Waals surface area contributed by atoms with Gasteiger partial charge in [-0.2, -0.15) is 4.72 Å². The van der Waals surface area contributed by atoms with Gasteiger partial charge in [0.1, 0.15) is 6.04 Å². The van der Waals surface area contributed by atoms with Crippen molar-refractivity contribution in [3.8, 4) is 11.5 Å². The third-order valence-electron chi connectivity index (χ3n) is 4.39. The number of benzene rings is 2. The molecule has 1 amide bonds. The van der Waals surface area contributed by atoms with Crippen LogP contribution in [-0.2, 0) is 21.2 Å². The lowest BCUT2D eigenvalue weighted by Gasteiger charge is -2.19. The summed E-state index contributed by atoms with van der Waals surface area (Å²) >= 11 is 0. The Bertz CT molecular complexity index is 901. The average Bonchev–Trinajstić information content (AvgIpc) is 2.73. The maximum absolute atomic E-state index is 12.9. The molecule has 0 saturated carbocycles. The van der Waals surface area contributed by atoms with Gasteiger partial charge in [-0.25, -0.2) is 8.42 Å². The number of nitrogens with one attached hydrogen (secondary N) is 2. The van der Waals surface area contributed by atoms with E-state index in [0.29, 0.717) is 18.0 Å². The van der Waals surface area contributed by atoms with Gasteiger partial charge in [0, 0.05) is 12.6 Å². The van der Waals surface area contributed by atoms with Crippen LogP contribution in [0.4, 0.5) is 0 Å². The summed E-state index contributed by atoms with van der Waals surface area (Å²) in [5.41, 5.74) is 0.859. The number of carbonyl (C=O) groups is 1. The van der Waals surface area contributed by atoms with Crippen molar-refractivity contribution in [3.05, 3.63) is 54.1 Å². The number of amides is 1. The normalized spacial score (nSPS) is 12.2. The van der Waals surface area contributed by atoms with E-state index in [9.17, 15) is 13.2 Å². The summed E-state index contributed by atoms with van der Waals surface area (Å²) in [5, 5.41) is 2.81. The molecule has 0 unspecified atom stereocenters.